The molecule has 15 heavy (non-hydrogen) atoms. The van der Waals surface area contributed by atoms with E-state index >= 15 is 0 Å². The normalized spacial score (nSPS) is 25.9. The summed E-state index contributed by atoms with van der Waals surface area (Å²) in [5.74, 6) is -0.708. The third-order valence-corrected chi connectivity index (χ3v) is 3.33. The third kappa shape index (κ3) is 1.63. The van der Waals surface area contributed by atoms with Crippen LogP contribution in [0.5, 0.6) is 0 Å². The van der Waals surface area contributed by atoms with Gasteiger partial charge in [-0.3, -0.25) is 9.69 Å². The lowest BCUT2D eigenvalue weighted by atomic mass is 9.80. The van der Waals surface area contributed by atoms with Gasteiger partial charge in [-0.05, 0) is 19.0 Å². The molecule has 2 rings (SSSR count). The SMILES string of the molecule is CN1CC[C@@]1(Cc1ccccc1)C(=O)O. The Morgan fingerprint density at radius 2 is 2.13 bits per heavy atom. The molecule has 0 saturated carbocycles. The van der Waals surface area contributed by atoms with Crippen LogP contribution in [0, 0.1) is 0 Å². The van der Waals surface area contributed by atoms with Gasteiger partial charge < -0.3 is 5.11 Å². The lowest BCUT2D eigenvalue weighted by Gasteiger charge is -2.47. The molecule has 0 amide bonds. The maximum atomic E-state index is 11.3. The van der Waals surface area contributed by atoms with Gasteiger partial charge in [0.05, 0.1) is 0 Å². The Bertz CT molecular complexity index is 363. The van der Waals surface area contributed by atoms with Gasteiger partial charge in [0.15, 0.2) is 0 Å². The fourth-order valence-corrected chi connectivity index (χ4v) is 2.11. The fourth-order valence-electron chi connectivity index (χ4n) is 2.11. The predicted octanol–water partition coefficient (Wildman–Crippen LogP) is 1.39. The molecular weight excluding hydrogens is 190 g/mol. The molecule has 1 heterocycles. The zero-order valence-electron chi connectivity index (χ0n) is 8.81. The van der Waals surface area contributed by atoms with Gasteiger partial charge >= 0.3 is 5.97 Å². The largest absolute Gasteiger partial charge is 0.480 e. The van der Waals surface area contributed by atoms with Crippen LogP contribution >= 0.6 is 0 Å². The lowest BCUT2D eigenvalue weighted by molar-refractivity contribution is -0.159. The van der Waals surface area contributed by atoms with Gasteiger partial charge in [-0.2, -0.15) is 0 Å². The van der Waals surface area contributed by atoms with Crippen molar-refractivity contribution in [3.8, 4) is 0 Å². The molecule has 1 aliphatic rings. The standard InChI is InChI=1S/C12H15NO2/c1-13-8-7-12(13,11(14)15)9-10-5-3-2-4-6-10/h2-6H,7-9H2,1H3,(H,14,15)/t12-/m1/s1. The van der Waals surface area contributed by atoms with E-state index in [9.17, 15) is 9.90 Å². The van der Waals surface area contributed by atoms with Crippen LogP contribution in [-0.4, -0.2) is 35.1 Å². The van der Waals surface area contributed by atoms with Crippen LogP contribution in [0.15, 0.2) is 30.3 Å². The molecule has 0 spiro atoms. The number of nitrogens with zero attached hydrogens (tertiary/aromatic N) is 1. The topological polar surface area (TPSA) is 40.5 Å². The maximum absolute atomic E-state index is 11.3. The van der Waals surface area contributed by atoms with Crippen LogP contribution in [0.3, 0.4) is 0 Å². The Kier molecular flexibility index (Phi) is 2.49. The Labute approximate surface area is 89.3 Å². The number of carboxylic acids is 1. The molecule has 1 aromatic carbocycles. The average Bonchev–Trinajstić information content (AvgIpc) is 2.24. The van der Waals surface area contributed by atoms with E-state index in [0.29, 0.717) is 6.42 Å². The van der Waals surface area contributed by atoms with E-state index in [-0.39, 0.29) is 0 Å². The minimum Gasteiger partial charge on any atom is -0.480 e. The van der Waals surface area contributed by atoms with Gasteiger partial charge in [-0.15, -0.1) is 0 Å². The van der Waals surface area contributed by atoms with E-state index in [0.717, 1.165) is 18.5 Å². The van der Waals surface area contributed by atoms with Crippen LogP contribution in [0.1, 0.15) is 12.0 Å². The van der Waals surface area contributed by atoms with Gasteiger partial charge in [0.25, 0.3) is 0 Å². The molecule has 80 valence electrons. The third-order valence-electron chi connectivity index (χ3n) is 3.33. The van der Waals surface area contributed by atoms with Crippen molar-refractivity contribution in [3.05, 3.63) is 35.9 Å². The molecule has 0 unspecified atom stereocenters. The zero-order valence-corrected chi connectivity index (χ0v) is 8.81. The molecule has 1 N–H and O–H groups in total. The molecule has 0 aromatic heterocycles. The highest BCUT2D eigenvalue weighted by Gasteiger charge is 2.49. The minimum absolute atomic E-state index is 0.597. The summed E-state index contributed by atoms with van der Waals surface area (Å²) in [5, 5.41) is 9.27. The number of hydrogen-bond acceptors (Lipinski definition) is 2. The van der Waals surface area contributed by atoms with E-state index in [1.807, 2.05) is 42.3 Å². The van der Waals surface area contributed by atoms with Gasteiger partial charge in [-0.25, -0.2) is 0 Å². The first-order chi connectivity index (χ1) is 7.15. The van der Waals surface area contributed by atoms with E-state index in [1.165, 1.54) is 0 Å². The molecule has 0 radical (unpaired) electrons. The summed E-state index contributed by atoms with van der Waals surface area (Å²) in [4.78, 5) is 13.2. The predicted molar refractivity (Wildman–Crippen MR) is 57.8 cm³/mol. The maximum Gasteiger partial charge on any atom is 0.324 e. The molecule has 3 heteroatoms. The number of likely N-dealkylation sites (tertiary alicyclic amines) is 1. The first-order valence-corrected chi connectivity index (χ1v) is 5.14. The molecule has 1 aromatic rings. The highest BCUT2D eigenvalue weighted by Crippen LogP contribution is 2.32. The van der Waals surface area contributed by atoms with Crippen molar-refractivity contribution in [1.29, 1.82) is 0 Å². The van der Waals surface area contributed by atoms with Crippen molar-refractivity contribution in [3.63, 3.8) is 0 Å². The highest BCUT2D eigenvalue weighted by atomic mass is 16.4. The highest BCUT2D eigenvalue weighted by molar-refractivity contribution is 5.80. The summed E-state index contributed by atoms with van der Waals surface area (Å²) in [6, 6.07) is 9.81. The molecule has 0 bridgehead atoms. The molecule has 1 atom stereocenters. The first-order valence-electron chi connectivity index (χ1n) is 5.14. The van der Waals surface area contributed by atoms with Crippen LogP contribution < -0.4 is 0 Å². The van der Waals surface area contributed by atoms with Crippen LogP contribution in [-0.2, 0) is 11.2 Å². The van der Waals surface area contributed by atoms with Gasteiger partial charge in [-0.1, -0.05) is 30.3 Å². The summed E-state index contributed by atoms with van der Waals surface area (Å²) in [6.07, 6.45) is 1.34. The molecule has 1 fully saturated rings. The minimum atomic E-state index is -0.708. The molecule has 3 nitrogen and oxygen atoms in total. The Morgan fingerprint density at radius 1 is 1.47 bits per heavy atom. The van der Waals surface area contributed by atoms with Crippen LogP contribution in [0.25, 0.3) is 0 Å². The van der Waals surface area contributed by atoms with E-state index < -0.39 is 11.5 Å². The van der Waals surface area contributed by atoms with Crippen molar-refractivity contribution in [2.24, 2.45) is 0 Å². The summed E-state index contributed by atoms with van der Waals surface area (Å²) in [6.45, 7) is 0.874. The second-order valence-corrected chi connectivity index (χ2v) is 4.17. The molecule has 1 saturated heterocycles. The number of aliphatic carboxylic acids is 1. The van der Waals surface area contributed by atoms with Crippen LogP contribution in [0.4, 0.5) is 0 Å². The Balaban J connectivity index is 2.19. The molecule has 1 aliphatic heterocycles. The fraction of sp³-hybridized carbons (Fsp3) is 0.417. The first kappa shape index (κ1) is 10.2. The van der Waals surface area contributed by atoms with E-state index in [1.54, 1.807) is 0 Å². The van der Waals surface area contributed by atoms with Crippen molar-refractivity contribution in [1.82, 2.24) is 4.90 Å². The number of hydrogen-bond donors (Lipinski definition) is 1. The van der Waals surface area contributed by atoms with E-state index in [2.05, 4.69) is 0 Å². The number of likely N-dealkylation sites (N-methyl/N-ethyl adjacent to an activating group) is 1. The second-order valence-electron chi connectivity index (χ2n) is 4.17. The number of benzene rings is 1. The van der Waals surface area contributed by atoms with Crippen molar-refractivity contribution in [2.75, 3.05) is 13.6 Å². The number of rotatable bonds is 3. The summed E-state index contributed by atoms with van der Waals surface area (Å²) >= 11 is 0. The van der Waals surface area contributed by atoms with Gasteiger partial charge in [0.2, 0.25) is 0 Å². The Morgan fingerprint density at radius 3 is 2.53 bits per heavy atom. The molecule has 0 aliphatic carbocycles. The summed E-state index contributed by atoms with van der Waals surface area (Å²) in [5.41, 5.74) is 0.424. The van der Waals surface area contributed by atoms with Gasteiger partial charge in [0, 0.05) is 13.0 Å². The van der Waals surface area contributed by atoms with Crippen molar-refractivity contribution < 1.29 is 9.90 Å². The zero-order chi connectivity index (χ0) is 10.9. The average molecular weight is 205 g/mol. The quantitative estimate of drug-likeness (QED) is 0.810. The number of carboxylic acid groups (broad SMARTS) is 1. The second kappa shape index (κ2) is 3.66. The van der Waals surface area contributed by atoms with Gasteiger partial charge in [0.1, 0.15) is 5.54 Å². The van der Waals surface area contributed by atoms with E-state index in [4.69, 9.17) is 0 Å². The number of carbonyl (C=O) groups is 1. The van der Waals surface area contributed by atoms with Crippen molar-refractivity contribution >= 4 is 5.97 Å². The summed E-state index contributed by atoms with van der Waals surface area (Å²) in [7, 11) is 1.88. The van der Waals surface area contributed by atoms with Crippen LogP contribution in [0.2, 0.25) is 0 Å². The summed E-state index contributed by atoms with van der Waals surface area (Å²) < 4.78 is 0. The monoisotopic (exact) mass is 205 g/mol. The molecular formula is C12H15NO2. The van der Waals surface area contributed by atoms with Crippen molar-refractivity contribution in [2.45, 2.75) is 18.4 Å². The lowest BCUT2D eigenvalue weighted by Crippen LogP contribution is -2.64. The smallest absolute Gasteiger partial charge is 0.324 e. The Hall–Kier alpha value is -1.35.